The number of carbonyl (C=O) groups is 1. The molecule has 0 aliphatic rings. The fourth-order valence-electron chi connectivity index (χ4n) is 1.81. The Hall–Kier alpha value is -2.73. The second kappa shape index (κ2) is 7.90. The van der Waals surface area contributed by atoms with Crippen LogP contribution in [0.2, 0.25) is 0 Å². The zero-order valence-electron chi connectivity index (χ0n) is 12.5. The van der Waals surface area contributed by atoms with E-state index in [1.165, 1.54) is 0 Å². The Kier molecular flexibility index (Phi) is 5.62. The zero-order valence-corrected chi connectivity index (χ0v) is 12.5. The summed E-state index contributed by atoms with van der Waals surface area (Å²) in [5.41, 5.74) is 1.22. The van der Waals surface area contributed by atoms with Gasteiger partial charge in [-0.2, -0.15) is 0 Å². The quantitative estimate of drug-likeness (QED) is 0.349. The third-order valence-corrected chi connectivity index (χ3v) is 3.09. The van der Waals surface area contributed by atoms with Crippen LogP contribution >= 0.6 is 0 Å². The van der Waals surface area contributed by atoms with Crippen LogP contribution in [0.1, 0.15) is 35.7 Å². The van der Waals surface area contributed by atoms with Gasteiger partial charge in [0.2, 0.25) is 0 Å². The predicted molar refractivity (Wildman–Crippen MR) is 86.2 cm³/mol. The highest BCUT2D eigenvalue weighted by molar-refractivity contribution is 5.91. The third-order valence-electron chi connectivity index (χ3n) is 3.09. The van der Waals surface area contributed by atoms with E-state index in [-0.39, 0.29) is 0 Å². The average Bonchev–Trinajstić information content (AvgIpc) is 2.56. The first-order valence-corrected chi connectivity index (χ1v) is 7.24. The molecule has 2 rings (SSSR count). The van der Waals surface area contributed by atoms with E-state index in [4.69, 9.17) is 15.9 Å². The molecule has 112 valence electrons. The Morgan fingerprint density at radius 3 is 2.27 bits per heavy atom. The van der Waals surface area contributed by atoms with E-state index < -0.39 is 5.97 Å². The molecule has 0 saturated heterocycles. The highest BCUT2D eigenvalue weighted by Crippen LogP contribution is 2.16. The van der Waals surface area contributed by atoms with Gasteiger partial charge >= 0.3 is 5.97 Å². The lowest BCUT2D eigenvalue weighted by atomic mass is 10.2. The second-order valence-corrected chi connectivity index (χ2v) is 4.78. The van der Waals surface area contributed by atoms with E-state index in [1.807, 2.05) is 0 Å². The minimum atomic E-state index is -0.409. The lowest BCUT2D eigenvalue weighted by Crippen LogP contribution is -2.08. The minimum Gasteiger partial charge on any atom is -0.494 e. The Balaban J connectivity index is 1.95. The van der Waals surface area contributed by atoms with Crippen molar-refractivity contribution in [2.45, 2.75) is 19.8 Å². The molecule has 0 aromatic heterocycles. The Labute approximate surface area is 130 Å². The first-order valence-electron chi connectivity index (χ1n) is 7.24. The first-order chi connectivity index (χ1) is 10.7. The van der Waals surface area contributed by atoms with E-state index >= 15 is 0 Å². The van der Waals surface area contributed by atoms with Crippen LogP contribution < -0.4 is 9.47 Å². The van der Waals surface area contributed by atoms with Crippen LogP contribution in [0.5, 0.6) is 11.5 Å². The van der Waals surface area contributed by atoms with Gasteiger partial charge in [-0.25, -0.2) is 4.79 Å². The van der Waals surface area contributed by atoms with Gasteiger partial charge in [0.1, 0.15) is 11.5 Å². The van der Waals surface area contributed by atoms with Crippen molar-refractivity contribution >= 4 is 5.97 Å². The van der Waals surface area contributed by atoms with Gasteiger partial charge in [-0.1, -0.05) is 19.3 Å². The second-order valence-electron chi connectivity index (χ2n) is 4.78. The van der Waals surface area contributed by atoms with Crippen LogP contribution in [-0.4, -0.2) is 12.6 Å². The summed E-state index contributed by atoms with van der Waals surface area (Å²) >= 11 is 0. The van der Waals surface area contributed by atoms with Gasteiger partial charge in [-0.05, 0) is 55.0 Å². The molecule has 3 nitrogen and oxygen atoms in total. The summed E-state index contributed by atoms with van der Waals surface area (Å²) < 4.78 is 10.8. The summed E-state index contributed by atoms with van der Waals surface area (Å²) in [6.07, 6.45) is 7.38. The highest BCUT2D eigenvalue weighted by Gasteiger charge is 2.08. The summed E-state index contributed by atoms with van der Waals surface area (Å²) in [6, 6.07) is 13.7. The maximum Gasteiger partial charge on any atom is 0.343 e. The van der Waals surface area contributed by atoms with E-state index in [9.17, 15) is 4.79 Å². The van der Waals surface area contributed by atoms with Gasteiger partial charge < -0.3 is 9.47 Å². The van der Waals surface area contributed by atoms with Gasteiger partial charge in [0.15, 0.2) is 0 Å². The molecule has 0 fully saturated rings. The molecule has 0 unspecified atom stereocenters. The van der Waals surface area contributed by atoms with Gasteiger partial charge in [0.25, 0.3) is 0 Å². The van der Waals surface area contributed by atoms with Crippen molar-refractivity contribution in [2.24, 2.45) is 0 Å². The number of terminal acetylenes is 1. The topological polar surface area (TPSA) is 35.5 Å². The standard InChI is InChI=1S/C19H18O3/c1-3-5-14-21-17-12-8-16(9-13-17)19(20)22-18-10-6-15(4-2)7-11-18/h2,6-13H,3,5,14H2,1H3. The molecule has 0 N–H and O–H groups in total. The zero-order chi connectivity index (χ0) is 15.8. The van der Waals surface area contributed by atoms with E-state index in [1.54, 1.807) is 48.5 Å². The highest BCUT2D eigenvalue weighted by atomic mass is 16.5. The number of rotatable bonds is 6. The molecule has 0 amide bonds. The SMILES string of the molecule is C#Cc1ccc(OC(=O)c2ccc(OCCCC)cc2)cc1. The molecule has 22 heavy (non-hydrogen) atoms. The molecule has 0 bridgehead atoms. The van der Waals surface area contributed by atoms with Gasteiger partial charge in [0.05, 0.1) is 12.2 Å². The molecule has 0 heterocycles. The molecule has 0 spiro atoms. The van der Waals surface area contributed by atoms with E-state index in [0.29, 0.717) is 17.9 Å². The van der Waals surface area contributed by atoms with Gasteiger partial charge in [-0.3, -0.25) is 0 Å². The van der Waals surface area contributed by atoms with Crippen molar-refractivity contribution in [3.63, 3.8) is 0 Å². The van der Waals surface area contributed by atoms with Crippen LogP contribution in [0, 0.1) is 12.3 Å². The number of ether oxygens (including phenoxy) is 2. The molecule has 0 saturated carbocycles. The molecule has 0 atom stereocenters. The number of carbonyl (C=O) groups excluding carboxylic acids is 1. The Bertz CT molecular complexity index is 649. The average molecular weight is 294 g/mol. The van der Waals surface area contributed by atoms with Crippen molar-refractivity contribution in [3.8, 4) is 23.8 Å². The Morgan fingerprint density at radius 1 is 1.05 bits per heavy atom. The largest absolute Gasteiger partial charge is 0.494 e. The molecule has 3 heteroatoms. The molecule has 2 aromatic rings. The van der Waals surface area contributed by atoms with Crippen molar-refractivity contribution in [2.75, 3.05) is 6.61 Å². The lowest BCUT2D eigenvalue weighted by molar-refractivity contribution is 0.0734. The molecule has 0 aliphatic heterocycles. The number of hydrogen-bond donors (Lipinski definition) is 0. The monoisotopic (exact) mass is 294 g/mol. The smallest absolute Gasteiger partial charge is 0.343 e. The Morgan fingerprint density at radius 2 is 1.68 bits per heavy atom. The fraction of sp³-hybridized carbons (Fsp3) is 0.211. The summed E-state index contributed by atoms with van der Waals surface area (Å²) in [6.45, 7) is 2.79. The molecular weight excluding hydrogens is 276 g/mol. The predicted octanol–water partition coefficient (Wildman–Crippen LogP) is 4.07. The van der Waals surface area contributed by atoms with Crippen molar-refractivity contribution in [3.05, 3.63) is 59.7 Å². The maximum atomic E-state index is 12.0. The lowest BCUT2D eigenvalue weighted by Gasteiger charge is -2.07. The number of benzene rings is 2. The van der Waals surface area contributed by atoms with E-state index in [0.717, 1.165) is 24.2 Å². The summed E-state index contributed by atoms with van der Waals surface area (Å²) in [5, 5.41) is 0. The van der Waals surface area contributed by atoms with Crippen molar-refractivity contribution < 1.29 is 14.3 Å². The summed E-state index contributed by atoms with van der Waals surface area (Å²) in [7, 11) is 0. The van der Waals surface area contributed by atoms with Crippen LogP contribution in [0.3, 0.4) is 0 Å². The molecule has 0 radical (unpaired) electrons. The normalized spacial score (nSPS) is 9.82. The third kappa shape index (κ3) is 4.39. The maximum absolute atomic E-state index is 12.0. The number of unbranched alkanes of at least 4 members (excludes halogenated alkanes) is 1. The van der Waals surface area contributed by atoms with Crippen molar-refractivity contribution in [1.29, 1.82) is 0 Å². The molecule has 2 aromatic carbocycles. The van der Waals surface area contributed by atoms with Crippen LogP contribution in [0.15, 0.2) is 48.5 Å². The van der Waals surface area contributed by atoms with Gasteiger partial charge in [-0.15, -0.1) is 6.42 Å². The van der Waals surface area contributed by atoms with Crippen LogP contribution in [-0.2, 0) is 0 Å². The van der Waals surface area contributed by atoms with Crippen LogP contribution in [0.25, 0.3) is 0 Å². The van der Waals surface area contributed by atoms with E-state index in [2.05, 4.69) is 12.8 Å². The molecule has 0 aliphatic carbocycles. The van der Waals surface area contributed by atoms with Gasteiger partial charge in [0, 0.05) is 5.56 Å². The molecular formula is C19H18O3. The minimum absolute atomic E-state index is 0.409. The number of hydrogen-bond acceptors (Lipinski definition) is 3. The van der Waals surface area contributed by atoms with Crippen molar-refractivity contribution in [1.82, 2.24) is 0 Å². The summed E-state index contributed by atoms with van der Waals surface area (Å²) in [4.78, 5) is 12.0. The fourth-order valence-corrected chi connectivity index (χ4v) is 1.81. The number of esters is 1. The first kappa shape index (κ1) is 15.7. The summed E-state index contributed by atoms with van der Waals surface area (Å²) in [5.74, 6) is 3.32. The van der Waals surface area contributed by atoms with Crippen LogP contribution in [0.4, 0.5) is 0 Å².